The summed E-state index contributed by atoms with van der Waals surface area (Å²) < 4.78 is 3.56. The number of hydrogen-bond acceptors (Lipinski definition) is 5. The first kappa shape index (κ1) is 21.7. The molecule has 2 aromatic carbocycles. The molecule has 0 N–H and O–H groups in total. The highest BCUT2D eigenvalue weighted by molar-refractivity contribution is 7.99. The van der Waals surface area contributed by atoms with Crippen molar-refractivity contribution in [1.82, 2.24) is 24.1 Å². The maximum Gasteiger partial charge on any atom is 0.263 e. The first-order chi connectivity index (χ1) is 16.0. The molecule has 0 saturated carbocycles. The lowest BCUT2D eigenvalue weighted by atomic mass is 9.98. The van der Waals surface area contributed by atoms with E-state index in [0.717, 1.165) is 23.9 Å². The topological polar surface area (TPSA) is 72.5 Å². The number of amides is 1. The third kappa shape index (κ3) is 4.04. The average Bonchev–Trinajstić information content (AvgIpc) is 3.25. The van der Waals surface area contributed by atoms with Crippen LogP contribution < -0.4 is 5.56 Å². The second-order valence-electron chi connectivity index (χ2n) is 8.73. The van der Waals surface area contributed by atoms with Gasteiger partial charge in [-0.05, 0) is 50.8 Å². The van der Waals surface area contributed by atoms with Crippen molar-refractivity contribution >= 4 is 34.3 Å². The number of piperidine rings is 1. The maximum atomic E-state index is 13.3. The number of benzene rings is 2. The van der Waals surface area contributed by atoms with E-state index in [0.29, 0.717) is 28.6 Å². The number of para-hydroxylation sites is 1. The van der Waals surface area contributed by atoms with Gasteiger partial charge in [0.05, 0.1) is 23.2 Å². The summed E-state index contributed by atoms with van der Waals surface area (Å²) in [7, 11) is 0. The van der Waals surface area contributed by atoms with Crippen LogP contribution in [0.1, 0.15) is 38.7 Å². The third-order valence-electron chi connectivity index (χ3n) is 6.47. The van der Waals surface area contributed by atoms with E-state index in [4.69, 9.17) is 0 Å². The minimum Gasteiger partial charge on any atom is -0.337 e. The van der Waals surface area contributed by atoms with E-state index in [9.17, 15) is 9.59 Å². The van der Waals surface area contributed by atoms with Crippen molar-refractivity contribution in [2.45, 2.75) is 56.9 Å². The minimum absolute atomic E-state index is 0.0991. The lowest BCUT2D eigenvalue weighted by Gasteiger charge is -2.39. The lowest BCUT2D eigenvalue weighted by molar-refractivity contribution is -0.134. The van der Waals surface area contributed by atoms with Crippen LogP contribution in [-0.2, 0) is 11.3 Å². The second-order valence-corrected chi connectivity index (χ2v) is 9.67. The minimum atomic E-state index is -0.0991. The van der Waals surface area contributed by atoms with Crippen molar-refractivity contribution in [2.75, 3.05) is 5.75 Å². The van der Waals surface area contributed by atoms with Crippen molar-refractivity contribution in [3.8, 4) is 0 Å². The molecule has 8 heteroatoms. The highest BCUT2D eigenvalue weighted by Gasteiger charge is 2.29. The fourth-order valence-electron chi connectivity index (χ4n) is 4.85. The molecule has 7 nitrogen and oxygen atoms in total. The zero-order chi connectivity index (χ0) is 22.9. The van der Waals surface area contributed by atoms with Gasteiger partial charge in [-0.25, -0.2) is 0 Å². The highest BCUT2D eigenvalue weighted by Crippen LogP contribution is 2.26. The van der Waals surface area contributed by atoms with Crippen LogP contribution in [0.25, 0.3) is 16.7 Å². The Bertz CT molecular complexity index is 1350. The molecule has 5 rings (SSSR count). The summed E-state index contributed by atoms with van der Waals surface area (Å²) in [4.78, 5) is 28.4. The van der Waals surface area contributed by atoms with Crippen molar-refractivity contribution in [3.05, 3.63) is 70.5 Å². The van der Waals surface area contributed by atoms with E-state index in [2.05, 4.69) is 24.0 Å². The summed E-state index contributed by atoms with van der Waals surface area (Å²) in [6.45, 7) is 4.65. The van der Waals surface area contributed by atoms with Crippen molar-refractivity contribution < 1.29 is 4.79 Å². The number of carbonyl (C=O) groups excluding carboxylic acids is 1. The molecule has 2 atom stereocenters. The SMILES string of the molecule is CC1CCCC(C)N1C(=O)CSc1nnc2n(Cc3ccccc3)c(=O)c3ccccc3n12. The van der Waals surface area contributed by atoms with Crippen LogP contribution in [0.2, 0.25) is 0 Å². The predicted molar refractivity (Wildman–Crippen MR) is 131 cm³/mol. The van der Waals surface area contributed by atoms with Gasteiger partial charge in [0, 0.05) is 12.1 Å². The molecule has 170 valence electrons. The number of likely N-dealkylation sites (tertiary alicyclic amines) is 1. The Morgan fingerprint density at radius 2 is 1.70 bits per heavy atom. The summed E-state index contributed by atoms with van der Waals surface area (Å²) in [5.41, 5.74) is 1.66. The first-order valence-corrected chi connectivity index (χ1v) is 12.4. The summed E-state index contributed by atoms with van der Waals surface area (Å²) in [6, 6.07) is 17.9. The fourth-order valence-corrected chi connectivity index (χ4v) is 5.66. The molecule has 2 unspecified atom stereocenters. The van der Waals surface area contributed by atoms with Gasteiger partial charge in [-0.1, -0.05) is 54.2 Å². The van der Waals surface area contributed by atoms with Crippen LogP contribution in [0.4, 0.5) is 0 Å². The number of aromatic nitrogens is 4. The number of fused-ring (bicyclic) bond motifs is 3. The zero-order valence-electron chi connectivity index (χ0n) is 18.8. The molecule has 0 spiro atoms. The van der Waals surface area contributed by atoms with Gasteiger partial charge in [-0.15, -0.1) is 10.2 Å². The Balaban J connectivity index is 1.53. The van der Waals surface area contributed by atoms with Crippen molar-refractivity contribution in [1.29, 1.82) is 0 Å². The van der Waals surface area contributed by atoms with E-state index >= 15 is 0 Å². The average molecular weight is 462 g/mol. The van der Waals surface area contributed by atoms with E-state index in [-0.39, 0.29) is 23.6 Å². The summed E-state index contributed by atoms with van der Waals surface area (Å²) in [5.74, 6) is 0.900. The molecule has 0 bridgehead atoms. The van der Waals surface area contributed by atoms with Crippen molar-refractivity contribution in [3.63, 3.8) is 0 Å². The summed E-state index contributed by atoms with van der Waals surface area (Å²) >= 11 is 1.38. The summed E-state index contributed by atoms with van der Waals surface area (Å²) in [5, 5.41) is 9.99. The van der Waals surface area contributed by atoms with Crippen LogP contribution in [0.3, 0.4) is 0 Å². The van der Waals surface area contributed by atoms with Crippen molar-refractivity contribution in [2.24, 2.45) is 0 Å². The molecule has 3 heterocycles. The van der Waals surface area contributed by atoms with Crippen LogP contribution in [0, 0.1) is 0 Å². The molecular formula is C25H27N5O2S. The van der Waals surface area contributed by atoms with Crippen LogP contribution >= 0.6 is 11.8 Å². The first-order valence-electron chi connectivity index (χ1n) is 11.4. The molecule has 1 fully saturated rings. The monoisotopic (exact) mass is 461 g/mol. The molecular weight excluding hydrogens is 434 g/mol. The smallest absolute Gasteiger partial charge is 0.263 e. The standard InChI is InChI=1S/C25H27N5O2S/c1-17-9-8-10-18(2)29(17)22(31)16-33-25-27-26-24-28(15-19-11-4-3-5-12-19)23(32)20-13-6-7-14-21(20)30(24)25/h3-7,11-14,17-18H,8-10,15-16H2,1-2H3. The Kier molecular flexibility index (Phi) is 5.93. The molecule has 1 aliphatic heterocycles. The van der Waals surface area contributed by atoms with Gasteiger partial charge in [0.25, 0.3) is 5.56 Å². The molecule has 1 saturated heterocycles. The normalized spacial score (nSPS) is 18.8. The molecule has 1 amide bonds. The third-order valence-corrected chi connectivity index (χ3v) is 7.38. The van der Waals surface area contributed by atoms with Crippen LogP contribution in [0.15, 0.2) is 64.5 Å². The lowest BCUT2D eigenvalue weighted by Crippen LogP contribution is -2.48. The number of carbonyl (C=O) groups is 1. The molecule has 1 aliphatic rings. The predicted octanol–water partition coefficient (Wildman–Crippen LogP) is 3.97. The number of hydrogen-bond donors (Lipinski definition) is 0. The van der Waals surface area contributed by atoms with Crippen LogP contribution in [0.5, 0.6) is 0 Å². The molecule has 33 heavy (non-hydrogen) atoms. The van der Waals surface area contributed by atoms with Gasteiger partial charge in [0.1, 0.15) is 0 Å². The number of thioether (sulfide) groups is 1. The Morgan fingerprint density at radius 1 is 1.00 bits per heavy atom. The maximum absolute atomic E-state index is 13.3. The van der Waals surface area contributed by atoms with Gasteiger partial charge in [0.15, 0.2) is 5.16 Å². The van der Waals surface area contributed by atoms with E-state index in [1.54, 1.807) is 4.57 Å². The van der Waals surface area contributed by atoms with Gasteiger partial charge < -0.3 is 4.90 Å². The Hall–Kier alpha value is -3.13. The second kappa shape index (κ2) is 9.02. The summed E-state index contributed by atoms with van der Waals surface area (Å²) in [6.07, 6.45) is 3.26. The molecule has 0 aliphatic carbocycles. The van der Waals surface area contributed by atoms with E-state index < -0.39 is 0 Å². The number of nitrogens with zero attached hydrogens (tertiary/aromatic N) is 5. The van der Waals surface area contributed by atoms with Gasteiger partial charge in [-0.3, -0.25) is 18.6 Å². The fraction of sp³-hybridized carbons (Fsp3) is 0.360. The molecule has 0 radical (unpaired) electrons. The zero-order valence-corrected chi connectivity index (χ0v) is 19.7. The Morgan fingerprint density at radius 3 is 2.45 bits per heavy atom. The Labute approximate surface area is 196 Å². The van der Waals surface area contributed by atoms with Gasteiger partial charge in [-0.2, -0.15) is 0 Å². The molecule has 4 aromatic rings. The van der Waals surface area contributed by atoms with E-state index in [1.807, 2.05) is 63.9 Å². The van der Waals surface area contributed by atoms with Gasteiger partial charge in [0.2, 0.25) is 11.7 Å². The quantitative estimate of drug-likeness (QED) is 0.421. The largest absolute Gasteiger partial charge is 0.337 e. The number of rotatable bonds is 5. The molecule has 2 aromatic heterocycles. The van der Waals surface area contributed by atoms with Crippen LogP contribution in [-0.4, -0.2) is 47.8 Å². The van der Waals surface area contributed by atoms with Gasteiger partial charge >= 0.3 is 0 Å². The van der Waals surface area contributed by atoms with E-state index in [1.165, 1.54) is 18.2 Å². The highest BCUT2D eigenvalue weighted by atomic mass is 32.2.